The van der Waals surface area contributed by atoms with Crippen LogP contribution in [-0.4, -0.2) is 36.8 Å². The van der Waals surface area contributed by atoms with E-state index in [1.807, 2.05) is 0 Å². The number of ether oxygens (including phenoxy) is 1. The average molecular weight is 249 g/mol. The summed E-state index contributed by atoms with van der Waals surface area (Å²) in [7, 11) is 0. The molecular weight excluding hydrogens is 226 g/mol. The lowest BCUT2D eigenvalue weighted by atomic mass is 10.2. The van der Waals surface area contributed by atoms with Crippen molar-refractivity contribution in [3.05, 3.63) is 23.9 Å². The second-order valence-corrected chi connectivity index (χ2v) is 5.14. The Labute approximate surface area is 109 Å². The minimum atomic E-state index is 0.402. The molecule has 0 saturated carbocycles. The van der Waals surface area contributed by atoms with Crippen molar-refractivity contribution < 1.29 is 4.74 Å². The number of morpholine rings is 1. The van der Waals surface area contributed by atoms with Crippen molar-refractivity contribution in [3.63, 3.8) is 0 Å². The predicted molar refractivity (Wildman–Crippen MR) is 73.8 cm³/mol. The zero-order valence-corrected chi connectivity index (χ0v) is 11.5. The van der Waals surface area contributed by atoms with Crippen LogP contribution in [0.2, 0.25) is 0 Å². The maximum absolute atomic E-state index is 5.46. The topological polar surface area (TPSA) is 37.4 Å². The normalized spacial score (nSPS) is 20.4. The van der Waals surface area contributed by atoms with Crippen molar-refractivity contribution in [2.75, 3.05) is 24.7 Å². The van der Waals surface area contributed by atoms with Gasteiger partial charge >= 0.3 is 0 Å². The van der Waals surface area contributed by atoms with E-state index in [2.05, 4.69) is 49.2 Å². The summed E-state index contributed by atoms with van der Waals surface area (Å²) in [5, 5.41) is 3.40. The van der Waals surface area contributed by atoms with Gasteiger partial charge in [-0.1, -0.05) is 19.9 Å². The molecule has 0 amide bonds. The maximum Gasteiger partial charge on any atom is 0.129 e. The Morgan fingerprint density at radius 2 is 2.33 bits per heavy atom. The molecular formula is C14H23N3O. The smallest absolute Gasteiger partial charge is 0.129 e. The van der Waals surface area contributed by atoms with Gasteiger partial charge in [-0.25, -0.2) is 4.98 Å². The van der Waals surface area contributed by atoms with Gasteiger partial charge < -0.3 is 15.0 Å². The fraction of sp³-hybridized carbons (Fsp3) is 0.643. The monoisotopic (exact) mass is 249 g/mol. The van der Waals surface area contributed by atoms with Crippen molar-refractivity contribution in [2.24, 2.45) is 0 Å². The Kier molecular flexibility index (Phi) is 4.55. The van der Waals surface area contributed by atoms with Gasteiger partial charge in [0.25, 0.3) is 0 Å². The van der Waals surface area contributed by atoms with Crippen LogP contribution < -0.4 is 10.2 Å². The summed E-state index contributed by atoms with van der Waals surface area (Å²) in [5.74, 6) is 1.06. The molecule has 1 aromatic rings. The largest absolute Gasteiger partial charge is 0.377 e. The molecule has 2 heterocycles. The molecule has 4 nitrogen and oxygen atoms in total. The lowest BCUT2D eigenvalue weighted by Gasteiger charge is -2.34. The third-order valence-corrected chi connectivity index (χ3v) is 3.15. The zero-order valence-electron chi connectivity index (χ0n) is 11.5. The minimum absolute atomic E-state index is 0.402. The molecule has 4 heteroatoms. The Morgan fingerprint density at radius 3 is 3.06 bits per heavy atom. The first-order chi connectivity index (χ1) is 8.66. The number of hydrogen-bond donors (Lipinski definition) is 1. The molecule has 100 valence electrons. The summed E-state index contributed by atoms with van der Waals surface area (Å²) >= 11 is 0. The third kappa shape index (κ3) is 3.43. The van der Waals surface area contributed by atoms with Crippen molar-refractivity contribution in [3.8, 4) is 0 Å². The molecule has 0 aromatic carbocycles. The summed E-state index contributed by atoms with van der Waals surface area (Å²) < 4.78 is 5.46. The number of nitrogens with one attached hydrogen (secondary N) is 1. The Bertz CT molecular complexity index is 381. The van der Waals surface area contributed by atoms with Crippen LogP contribution in [0.5, 0.6) is 0 Å². The molecule has 0 spiro atoms. The van der Waals surface area contributed by atoms with Crippen LogP contribution in [0.3, 0.4) is 0 Å². The van der Waals surface area contributed by atoms with Crippen molar-refractivity contribution in [1.82, 2.24) is 10.3 Å². The lowest BCUT2D eigenvalue weighted by molar-refractivity contribution is 0.0985. The van der Waals surface area contributed by atoms with Gasteiger partial charge in [0, 0.05) is 19.1 Å². The van der Waals surface area contributed by atoms with E-state index in [0.717, 1.165) is 37.8 Å². The average Bonchev–Trinajstić information content (AvgIpc) is 2.37. The first kappa shape index (κ1) is 13.3. The van der Waals surface area contributed by atoms with Crippen LogP contribution in [0, 0.1) is 0 Å². The first-order valence-corrected chi connectivity index (χ1v) is 6.70. The summed E-state index contributed by atoms with van der Waals surface area (Å²) in [6, 6.07) is 7.13. The lowest BCUT2D eigenvalue weighted by Crippen LogP contribution is -2.44. The van der Waals surface area contributed by atoms with Crippen LogP contribution in [0.25, 0.3) is 0 Å². The minimum Gasteiger partial charge on any atom is -0.377 e. The van der Waals surface area contributed by atoms with Gasteiger partial charge in [0.2, 0.25) is 0 Å². The fourth-order valence-corrected chi connectivity index (χ4v) is 2.10. The molecule has 2 rings (SSSR count). The fourth-order valence-electron chi connectivity index (χ4n) is 2.10. The number of nitrogens with zero attached hydrogens (tertiary/aromatic N) is 2. The number of rotatable bonds is 4. The SMILES string of the molecule is CC(C)NCc1cccc(N2CCOCC2C)n1. The highest BCUT2D eigenvalue weighted by Crippen LogP contribution is 2.17. The number of pyridine rings is 1. The van der Waals surface area contributed by atoms with Gasteiger partial charge in [0.15, 0.2) is 0 Å². The molecule has 18 heavy (non-hydrogen) atoms. The van der Waals surface area contributed by atoms with Crippen molar-refractivity contribution >= 4 is 5.82 Å². The van der Waals surface area contributed by atoms with Crippen molar-refractivity contribution in [2.45, 2.75) is 39.4 Å². The number of anilines is 1. The summed E-state index contributed by atoms with van der Waals surface area (Å²) in [6.07, 6.45) is 0. The molecule has 1 aliphatic rings. The second-order valence-electron chi connectivity index (χ2n) is 5.14. The molecule has 1 N–H and O–H groups in total. The van der Waals surface area contributed by atoms with E-state index >= 15 is 0 Å². The highest BCUT2D eigenvalue weighted by Gasteiger charge is 2.20. The van der Waals surface area contributed by atoms with E-state index in [1.54, 1.807) is 0 Å². The van der Waals surface area contributed by atoms with Gasteiger partial charge in [-0.3, -0.25) is 0 Å². The van der Waals surface area contributed by atoms with Crippen LogP contribution in [0.4, 0.5) is 5.82 Å². The molecule has 1 unspecified atom stereocenters. The van der Waals surface area contributed by atoms with E-state index in [1.165, 1.54) is 0 Å². The maximum atomic E-state index is 5.46. The highest BCUT2D eigenvalue weighted by atomic mass is 16.5. The van der Waals surface area contributed by atoms with Gasteiger partial charge in [-0.2, -0.15) is 0 Å². The van der Waals surface area contributed by atoms with E-state index in [4.69, 9.17) is 9.72 Å². The summed E-state index contributed by atoms with van der Waals surface area (Å²) in [6.45, 7) is 9.80. The van der Waals surface area contributed by atoms with Crippen molar-refractivity contribution in [1.29, 1.82) is 0 Å². The molecule has 1 saturated heterocycles. The third-order valence-electron chi connectivity index (χ3n) is 3.15. The Morgan fingerprint density at radius 1 is 1.50 bits per heavy atom. The predicted octanol–water partition coefficient (Wildman–Crippen LogP) is 1.80. The standard InChI is InChI=1S/C14H23N3O/c1-11(2)15-9-13-5-4-6-14(16-13)17-7-8-18-10-12(17)3/h4-6,11-12,15H,7-10H2,1-3H3. The van der Waals surface area contributed by atoms with E-state index < -0.39 is 0 Å². The quantitative estimate of drug-likeness (QED) is 0.883. The molecule has 1 fully saturated rings. The Balaban J connectivity index is 2.06. The van der Waals surface area contributed by atoms with E-state index in [-0.39, 0.29) is 0 Å². The number of hydrogen-bond acceptors (Lipinski definition) is 4. The van der Waals surface area contributed by atoms with E-state index in [9.17, 15) is 0 Å². The molecule has 1 aliphatic heterocycles. The van der Waals surface area contributed by atoms with Crippen LogP contribution in [0.15, 0.2) is 18.2 Å². The second kappa shape index (κ2) is 6.16. The van der Waals surface area contributed by atoms with Gasteiger partial charge in [-0.15, -0.1) is 0 Å². The molecule has 0 radical (unpaired) electrons. The van der Waals surface area contributed by atoms with Gasteiger partial charge in [0.05, 0.1) is 24.9 Å². The summed E-state index contributed by atoms with van der Waals surface area (Å²) in [5.41, 5.74) is 1.10. The van der Waals surface area contributed by atoms with Crippen LogP contribution in [0.1, 0.15) is 26.5 Å². The van der Waals surface area contributed by atoms with Gasteiger partial charge in [-0.05, 0) is 19.1 Å². The first-order valence-electron chi connectivity index (χ1n) is 6.70. The van der Waals surface area contributed by atoms with Crippen LogP contribution in [-0.2, 0) is 11.3 Å². The molecule has 1 aromatic heterocycles. The molecule has 1 atom stereocenters. The highest BCUT2D eigenvalue weighted by molar-refractivity contribution is 5.40. The van der Waals surface area contributed by atoms with Crippen LogP contribution >= 0.6 is 0 Å². The molecule has 0 bridgehead atoms. The van der Waals surface area contributed by atoms with Gasteiger partial charge in [0.1, 0.15) is 5.82 Å². The molecule has 0 aliphatic carbocycles. The van der Waals surface area contributed by atoms with E-state index in [0.29, 0.717) is 12.1 Å². The Hall–Kier alpha value is -1.13. The zero-order chi connectivity index (χ0) is 13.0. The number of aromatic nitrogens is 1. The summed E-state index contributed by atoms with van der Waals surface area (Å²) in [4.78, 5) is 7.05.